The zero-order chi connectivity index (χ0) is 23.9. The molecule has 2 unspecified atom stereocenters. The van der Waals surface area contributed by atoms with Crippen LogP contribution in [0.2, 0.25) is 0 Å². The third-order valence-electron chi connectivity index (χ3n) is 7.09. The number of H-pyrrole nitrogens is 1. The van der Waals surface area contributed by atoms with Gasteiger partial charge in [-0.1, -0.05) is 12.1 Å². The summed E-state index contributed by atoms with van der Waals surface area (Å²) >= 11 is 0. The van der Waals surface area contributed by atoms with E-state index in [4.69, 9.17) is 0 Å². The minimum atomic E-state index is -4.73. The lowest BCUT2D eigenvalue weighted by atomic mass is 9.83. The van der Waals surface area contributed by atoms with Gasteiger partial charge in [-0.05, 0) is 55.9 Å². The van der Waals surface area contributed by atoms with Gasteiger partial charge in [0.05, 0.1) is 11.8 Å². The Bertz CT molecular complexity index is 998. The van der Waals surface area contributed by atoms with E-state index < -0.39 is 6.36 Å². The van der Waals surface area contributed by atoms with Gasteiger partial charge in [-0.3, -0.25) is 5.10 Å². The Balaban J connectivity index is 1.36. The number of rotatable bonds is 4. The predicted molar refractivity (Wildman–Crippen MR) is 118 cm³/mol. The number of benzene rings is 1. The average Bonchev–Trinajstić information content (AvgIpc) is 3.54. The number of likely N-dealkylation sites (tertiary alicyclic amines) is 2. The topological polar surface area (TPSA) is 81.7 Å². The number of halogens is 3. The van der Waals surface area contributed by atoms with Crippen LogP contribution in [-0.2, 0) is 0 Å². The van der Waals surface area contributed by atoms with Crippen molar-refractivity contribution in [1.82, 2.24) is 20.0 Å². The molecular weight excluding hydrogens is 449 g/mol. The normalized spacial score (nSPS) is 24.4. The highest BCUT2D eigenvalue weighted by molar-refractivity contribution is 5.75. The number of hydrogen-bond donors (Lipinski definition) is 2. The highest BCUT2D eigenvalue weighted by atomic mass is 19.4. The SMILES string of the molecule is O=C(N1CCC(O)CC1)N1CC(c2ccc(OC(F)(F)F)cc2)CC(c2cc(C3CC3)[nH]n2)C1. The molecule has 0 bridgehead atoms. The number of urea groups is 1. The Morgan fingerprint density at radius 3 is 2.32 bits per heavy atom. The number of hydrogen-bond acceptors (Lipinski definition) is 4. The van der Waals surface area contributed by atoms with Gasteiger partial charge in [0.1, 0.15) is 5.75 Å². The molecule has 10 heteroatoms. The van der Waals surface area contributed by atoms with Crippen molar-refractivity contribution in [2.75, 3.05) is 26.2 Å². The minimum absolute atomic E-state index is 0.0212. The predicted octanol–water partition coefficient (Wildman–Crippen LogP) is 4.34. The van der Waals surface area contributed by atoms with E-state index in [0.29, 0.717) is 44.9 Å². The second-order valence-electron chi connectivity index (χ2n) is 9.67. The van der Waals surface area contributed by atoms with Crippen LogP contribution in [0.3, 0.4) is 0 Å². The van der Waals surface area contributed by atoms with E-state index in [0.717, 1.165) is 36.2 Å². The van der Waals surface area contributed by atoms with Gasteiger partial charge in [0.25, 0.3) is 0 Å². The first kappa shape index (κ1) is 23.0. The molecule has 184 valence electrons. The molecule has 0 spiro atoms. The summed E-state index contributed by atoms with van der Waals surface area (Å²) in [4.78, 5) is 17.0. The molecule has 3 heterocycles. The lowest BCUT2D eigenvalue weighted by Gasteiger charge is -2.41. The first-order chi connectivity index (χ1) is 16.2. The van der Waals surface area contributed by atoms with Gasteiger partial charge in [0.15, 0.2) is 0 Å². The number of alkyl halides is 3. The number of aromatic nitrogens is 2. The molecule has 5 rings (SSSR count). The van der Waals surface area contributed by atoms with Crippen LogP contribution in [0.5, 0.6) is 5.75 Å². The minimum Gasteiger partial charge on any atom is -0.406 e. The van der Waals surface area contributed by atoms with E-state index in [1.54, 1.807) is 17.0 Å². The molecule has 1 aliphatic carbocycles. The lowest BCUT2D eigenvalue weighted by Crippen LogP contribution is -2.51. The summed E-state index contributed by atoms with van der Waals surface area (Å²) in [6, 6.07) is 7.98. The van der Waals surface area contributed by atoms with Crippen molar-refractivity contribution in [3.8, 4) is 5.75 Å². The van der Waals surface area contributed by atoms with Crippen LogP contribution < -0.4 is 4.74 Å². The summed E-state index contributed by atoms with van der Waals surface area (Å²) in [6.45, 7) is 2.06. The maximum atomic E-state index is 13.3. The molecular formula is C24H29F3N4O3. The number of aliphatic hydroxyl groups excluding tert-OH is 1. The second-order valence-corrected chi connectivity index (χ2v) is 9.67. The van der Waals surface area contributed by atoms with E-state index >= 15 is 0 Å². The van der Waals surface area contributed by atoms with Crippen molar-refractivity contribution in [2.24, 2.45) is 0 Å². The number of nitrogens with one attached hydrogen (secondary N) is 1. The number of nitrogens with zero attached hydrogens (tertiary/aromatic N) is 3. The molecule has 1 aromatic heterocycles. The van der Waals surface area contributed by atoms with Crippen molar-refractivity contribution in [1.29, 1.82) is 0 Å². The van der Waals surface area contributed by atoms with Gasteiger partial charge < -0.3 is 19.6 Å². The van der Waals surface area contributed by atoms with Crippen LogP contribution in [0.25, 0.3) is 0 Å². The van der Waals surface area contributed by atoms with Crippen molar-refractivity contribution < 1.29 is 27.8 Å². The van der Waals surface area contributed by atoms with Crippen molar-refractivity contribution >= 4 is 6.03 Å². The number of piperidine rings is 2. The molecule has 1 saturated carbocycles. The highest BCUT2D eigenvalue weighted by Crippen LogP contribution is 2.41. The largest absolute Gasteiger partial charge is 0.573 e. The van der Waals surface area contributed by atoms with Gasteiger partial charge in [-0.25, -0.2) is 4.79 Å². The first-order valence-electron chi connectivity index (χ1n) is 11.9. The summed E-state index contributed by atoms with van der Waals surface area (Å²) in [5, 5.41) is 17.5. The van der Waals surface area contributed by atoms with Crippen LogP contribution in [0.15, 0.2) is 30.3 Å². The van der Waals surface area contributed by atoms with Gasteiger partial charge in [-0.2, -0.15) is 5.10 Å². The third-order valence-corrected chi connectivity index (χ3v) is 7.09. The average molecular weight is 479 g/mol. The van der Waals surface area contributed by atoms with E-state index in [1.165, 1.54) is 12.1 Å². The Kier molecular flexibility index (Phi) is 6.18. The third kappa shape index (κ3) is 5.32. The Labute approximate surface area is 195 Å². The quantitative estimate of drug-likeness (QED) is 0.685. The fourth-order valence-electron chi connectivity index (χ4n) is 5.08. The molecule has 3 fully saturated rings. The van der Waals surface area contributed by atoms with Crippen LogP contribution >= 0.6 is 0 Å². The van der Waals surface area contributed by atoms with Gasteiger partial charge in [-0.15, -0.1) is 13.2 Å². The summed E-state index contributed by atoms with van der Waals surface area (Å²) in [6.07, 6.45) is -0.902. The smallest absolute Gasteiger partial charge is 0.406 e. The second kappa shape index (κ2) is 9.13. The van der Waals surface area contributed by atoms with Crippen LogP contribution in [0.1, 0.15) is 66.8 Å². The Morgan fingerprint density at radius 1 is 1.00 bits per heavy atom. The molecule has 0 radical (unpaired) electrons. The molecule has 1 aromatic carbocycles. The maximum Gasteiger partial charge on any atom is 0.573 e. The molecule has 2 atom stereocenters. The van der Waals surface area contributed by atoms with Gasteiger partial charge in [0, 0.05) is 49.6 Å². The molecule has 2 aliphatic heterocycles. The highest BCUT2D eigenvalue weighted by Gasteiger charge is 2.37. The van der Waals surface area contributed by atoms with E-state index in [1.807, 2.05) is 4.90 Å². The number of ether oxygens (including phenoxy) is 1. The molecule has 34 heavy (non-hydrogen) atoms. The van der Waals surface area contributed by atoms with Crippen molar-refractivity contribution in [3.05, 3.63) is 47.3 Å². The number of amides is 2. The maximum absolute atomic E-state index is 13.3. The van der Waals surface area contributed by atoms with E-state index in [2.05, 4.69) is 21.0 Å². The van der Waals surface area contributed by atoms with E-state index in [9.17, 15) is 23.1 Å². The molecule has 2 N–H and O–H groups in total. The molecule has 2 saturated heterocycles. The summed E-state index contributed by atoms with van der Waals surface area (Å²) in [5.74, 6) is 0.260. The molecule has 7 nitrogen and oxygen atoms in total. The number of aromatic amines is 1. The molecule has 3 aliphatic rings. The number of carbonyl (C=O) groups excluding carboxylic acids is 1. The van der Waals surface area contributed by atoms with Gasteiger partial charge in [0.2, 0.25) is 0 Å². The standard InChI is InChI=1S/C24H29F3N4O3/c25-24(26,27)34-20-5-3-15(4-6-20)17-11-18(22-12-21(28-29-22)16-1-2-16)14-31(13-17)23(33)30-9-7-19(32)8-10-30/h3-6,12,16-19,32H,1-2,7-11,13-14H2,(H,28,29). The van der Waals surface area contributed by atoms with Crippen LogP contribution in [0.4, 0.5) is 18.0 Å². The fourth-order valence-corrected chi connectivity index (χ4v) is 5.08. The number of aliphatic hydroxyl groups is 1. The number of carbonyl (C=O) groups is 1. The Morgan fingerprint density at radius 2 is 1.68 bits per heavy atom. The van der Waals surface area contributed by atoms with Crippen molar-refractivity contribution in [3.63, 3.8) is 0 Å². The first-order valence-corrected chi connectivity index (χ1v) is 11.9. The molecule has 2 aromatic rings. The summed E-state index contributed by atoms with van der Waals surface area (Å²) in [7, 11) is 0. The summed E-state index contributed by atoms with van der Waals surface area (Å²) in [5.41, 5.74) is 2.92. The Hall–Kier alpha value is -2.75. The summed E-state index contributed by atoms with van der Waals surface area (Å²) < 4.78 is 41.6. The monoisotopic (exact) mass is 478 g/mol. The zero-order valence-electron chi connectivity index (χ0n) is 18.8. The fraction of sp³-hybridized carbons (Fsp3) is 0.583. The zero-order valence-corrected chi connectivity index (χ0v) is 18.8. The van der Waals surface area contributed by atoms with E-state index in [-0.39, 0.29) is 29.7 Å². The molecule has 2 amide bonds. The lowest BCUT2D eigenvalue weighted by molar-refractivity contribution is -0.274. The van der Waals surface area contributed by atoms with Gasteiger partial charge >= 0.3 is 12.4 Å². The van der Waals surface area contributed by atoms with Crippen LogP contribution in [0, 0.1) is 0 Å². The van der Waals surface area contributed by atoms with Crippen LogP contribution in [-0.4, -0.2) is 69.8 Å². The van der Waals surface area contributed by atoms with Crippen molar-refractivity contribution in [2.45, 2.75) is 62.3 Å².